The highest BCUT2D eigenvalue weighted by Crippen LogP contribution is 2.30. The van der Waals surface area contributed by atoms with Crippen LogP contribution in [-0.4, -0.2) is 33.0 Å². The molecule has 2 heterocycles. The van der Waals surface area contributed by atoms with Crippen LogP contribution >= 0.6 is 0 Å². The number of amides is 2. The van der Waals surface area contributed by atoms with Crippen LogP contribution in [0.4, 0.5) is 0 Å². The van der Waals surface area contributed by atoms with E-state index in [1.807, 2.05) is 40.8 Å². The first-order chi connectivity index (χ1) is 13.6. The molecule has 148 valence electrons. The number of nitrogens with zero attached hydrogens (tertiary/aromatic N) is 3. The summed E-state index contributed by atoms with van der Waals surface area (Å²) in [6, 6.07) is 8.56. The predicted octanol–water partition coefficient (Wildman–Crippen LogP) is 3.36. The van der Waals surface area contributed by atoms with Gasteiger partial charge in [0, 0.05) is 31.7 Å². The zero-order chi connectivity index (χ0) is 19.5. The highest BCUT2D eigenvalue weighted by atomic mass is 16.2. The van der Waals surface area contributed by atoms with Crippen LogP contribution in [0, 0.1) is 6.92 Å². The lowest BCUT2D eigenvalue weighted by Gasteiger charge is -2.15. The van der Waals surface area contributed by atoms with E-state index >= 15 is 0 Å². The van der Waals surface area contributed by atoms with Crippen molar-refractivity contribution in [3.8, 4) is 0 Å². The number of hydrogen-bond donors (Lipinski definition) is 1. The van der Waals surface area contributed by atoms with Crippen molar-refractivity contribution in [2.75, 3.05) is 6.54 Å². The maximum absolute atomic E-state index is 12.6. The van der Waals surface area contributed by atoms with Crippen LogP contribution in [0.3, 0.4) is 0 Å². The molecule has 0 atom stereocenters. The molecular formula is C22H28N4O2. The number of carbonyl (C=O) groups is 2. The van der Waals surface area contributed by atoms with Crippen molar-refractivity contribution in [3.63, 3.8) is 0 Å². The lowest BCUT2D eigenvalue weighted by Crippen LogP contribution is -2.24. The standard InChI is InChI=1S/C22H28N4O2/c1-16-20(14-24-26(16)19-5-2-3-6-19)22(28)23-13-17-8-10-18(11-9-17)15-25-12-4-7-21(25)27/h8-11,14,19H,2-7,12-13,15H2,1H3,(H,23,28). The van der Waals surface area contributed by atoms with E-state index in [4.69, 9.17) is 0 Å². The molecule has 0 radical (unpaired) electrons. The topological polar surface area (TPSA) is 67.2 Å². The van der Waals surface area contributed by atoms with Gasteiger partial charge in [-0.2, -0.15) is 5.10 Å². The van der Waals surface area contributed by atoms with Gasteiger partial charge in [0.25, 0.3) is 5.91 Å². The van der Waals surface area contributed by atoms with E-state index in [0.717, 1.165) is 42.6 Å². The van der Waals surface area contributed by atoms with Crippen LogP contribution in [0.2, 0.25) is 0 Å². The molecule has 28 heavy (non-hydrogen) atoms. The minimum atomic E-state index is -0.0755. The van der Waals surface area contributed by atoms with E-state index in [1.54, 1.807) is 6.20 Å². The van der Waals surface area contributed by atoms with Gasteiger partial charge < -0.3 is 10.2 Å². The smallest absolute Gasteiger partial charge is 0.255 e. The van der Waals surface area contributed by atoms with Crippen molar-refractivity contribution in [1.82, 2.24) is 20.0 Å². The highest BCUT2D eigenvalue weighted by molar-refractivity contribution is 5.95. The molecule has 1 aliphatic heterocycles. The van der Waals surface area contributed by atoms with Crippen LogP contribution in [0.5, 0.6) is 0 Å². The van der Waals surface area contributed by atoms with E-state index < -0.39 is 0 Å². The first-order valence-corrected chi connectivity index (χ1v) is 10.3. The number of nitrogens with one attached hydrogen (secondary N) is 1. The number of hydrogen-bond acceptors (Lipinski definition) is 3. The molecule has 4 rings (SSSR count). The summed E-state index contributed by atoms with van der Waals surface area (Å²) in [5.74, 6) is 0.165. The van der Waals surface area contributed by atoms with Crippen LogP contribution in [0.15, 0.2) is 30.5 Å². The van der Waals surface area contributed by atoms with Crippen molar-refractivity contribution in [2.45, 2.75) is 64.6 Å². The van der Waals surface area contributed by atoms with Crippen LogP contribution in [0.1, 0.15) is 71.7 Å². The van der Waals surface area contributed by atoms with Gasteiger partial charge in [-0.15, -0.1) is 0 Å². The third kappa shape index (κ3) is 3.96. The molecule has 6 heteroatoms. The second-order valence-electron chi connectivity index (χ2n) is 7.94. The molecule has 0 spiro atoms. The Balaban J connectivity index is 1.33. The van der Waals surface area contributed by atoms with Gasteiger partial charge >= 0.3 is 0 Å². The molecular weight excluding hydrogens is 352 g/mol. The van der Waals surface area contributed by atoms with Crippen LogP contribution < -0.4 is 5.32 Å². The van der Waals surface area contributed by atoms with Crippen molar-refractivity contribution in [2.24, 2.45) is 0 Å². The zero-order valence-corrected chi connectivity index (χ0v) is 16.5. The predicted molar refractivity (Wildman–Crippen MR) is 107 cm³/mol. The second-order valence-corrected chi connectivity index (χ2v) is 7.94. The van der Waals surface area contributed by atoms with Crippen molar-refractivity contribution >= 4 is 11.8 Å². The Morgan fingerprint density at radius 1 is 1.14 bits per heavy atom. The molecule has 2 fully saturated rings. The van der Waals surface area contributed by atoms with Gasteiger partial charge in [0.1, 0.15) is 0 Å². The summed E-state index contributed by atoms with van der Waals surface area (Å²) in [4.78, 5) is 26.2. The monoisotopic (exact) mass is 380 g/mol. The molecule has 2 amide bonds. The Labute approximate surface area is 165 Å². The summed E-state index contributed by atoms with van der Waals surface area (Å²) in [6.07, 6.45) is 8.11. The Hall–Kier alpha value is -2.63. The SMILES string of the molecule is Cc1c(C(=O)NCc2ccc(CN3CCCC3=O)cc2)cnn1C1CCCC1. The van der Waals surface area contributed by atoms with E-state index in [2.05, 4.69) is 10.4 Å². The molecule has 1 aliphatic carbocycles. The molecule has 1 aromatic heterocycles. The molecule has 1 aromatic carbocycles. The Bertz CT molecular complexity index is 850. The molecule has 1 saturated carbocycles. The van der Waals surface area contributed by atoms with Gasteiger partial charge in [-0.25, -0.2) is 0 Å². The largest absolute Gasteiger partial charge is 0.348 e. The summed E-state index contributed by atoms with van der Waals surface area (Å²) in [5, 5.41) is 7.47. The fraction of sp³-hybridized carbons (Fsp3) is 0.500. The first-order valence-electron chi connectivity index (χ1n) is 10.3. The third-order valence-corrected chi connectivity index (χ3v) is 5.98. The van der Waals surface area contributed by atoms with E-state index in [1.165, 1.54) is 12.8 Å². The maximum atomic E-state index is 12.6. The van der Waals surface area contributed by atoms with Crippen molar-refractivity contribution < 1.29 is 9.59 Å². The number of carbonyl (C=O) groups excluding carboxylic acids is 2. The summed E-state index contributed by atoms with van der Waals surface area (Å²) >= 11 is 0. The number of likely N-dealkylation sites (tertiary alicyclic amines) is 1. The molecule has 6 nitrogen and oxygen atoms in total. The van der Waals surface area contributed by atoms with Crippen LogP contribution in [0.25, 0.3) is 0 Å². The Morgan fingerprint density at radius 2 is 1.86 bits per heavy atom. The van der Waals surface area contributed by atoms with E-state index in [9.17, 15) is 9.59 Å². The van der Waals surface area contributed by atoms with Gasteiger partial charge in [0.15, 0.2) is 0 Å². The Kier molecular flexibility index (Phi) is 5.46. The third-order valence-electron chi connectivity index (χ3n) is 5.98. The van der Waals surface area contributed by atoms with Gasteiger partial charge in [-0.05, 0) is 37.3 Å². The molecule has 1 N–H and O–H groups in total. The van der Waals surface area contributed by atoms with Gasteiger partial charge in [-0.1, -0.05) is 37.1 Å². The van der Waals surface area contributed by atoms with Crippen molar-refractivity contribution in [3.05, 3.63) is 52.8 Å². The minimum absolute atomic E-state index is 0.0755. The molecule has 0 unspecified atom stereocenters. The van der Waals surface area contributed by atoms with Crippen LogP contribution in [-0.2, 0) is 17.9 Å². The van der Waals surface area contributed by atoms with Gasteiger partial charge in [-0.3, -0.25) is 14.3 Å². The first kappa shape index (κ1) is 18.7. The fourth-order valence-corrected chi connectivity index (χ4v) is 4.29. The van der Waals surface area contributed by atoms with Gasteiger partial charge in [0.05, 0.1) is 17.8 Å². The normalized spacial score (nSPS) is 17.5. The molecule has 2 aliphatic rings. The zero-order valence-electron chi connectivity index (χ0n) is 16.5. The van der Waals surface area contributed by atoms with E-state index in [-0.39, 0.29) is 11.8 Å². The average molecular weight is 380 g/mol. The highest BCUT2D eigenvalue weighted by Gasteiger charge is 2.22. The number of benzene rings is 1. The summed E-state index contributed by atoms with van der Waals surface area (Å²) in [6.45, 7) is 3.99. The van der Waals surface area contributed by atoms with Gasteiger partial charge in [0.2, 0.25) is 5.91 Å². The average Bonchev–Trinajstić information content (AvgIpc) is 3.43. The minimum Gasteiger partial charge on any atom is -0.348 e. The number of rotatable bonds is 6. The maximum Gasteiger partial charge on any atom is 0.255 e. The Morgan fingerprint density at radius 3 is 2.54 bits per heavy atom. The molecule has 1 saturated heterocycles. The second kappa shape index (κ2) is 8.17. The lowest BCUT2D eigenvalue weighted by molar-refractivity contribution is -0.128. The quantitative estimate of drug-likeness (QED) is 0.836. The number of aromatic nitrogens is 2. The summed E-state index contributed by atoms with van der Waals surface area (Å²) in [5.41, 5.74) is 3.79. The molecule has 2 aromatic rings. The van der Waals surface area contributed by atoms with Crippen molar-refractivity contribution in [1.29, 1.82) is 0 Å². The van der Waals surface area contributed by atoms with E-state index in [0.29, 0.717) is 31.1 Å². The molecule has 0 bridgehead atoms. The summed E-state index contributed by atoms with van der Waals surface area (Å²) < 4.78 is 2.02. The summed E-state index contributed by atoms with van der Waals surface area (Å²) in [7, 11) is 0. The fourth-order valence-electron chi connectivity index (χ4n) is 4.29. The lowest BCUT2D eigenvalue weighted by atomic mass is 10.1.